The molecular weight excluding hydrogens is 499 g/mol. The van der Waals surface area contributed by atoms with Crippen molar-refractivity contribution in [2.24, 2.45) is 5.92 Å². The van der Waals surface area contributed by atoms with E-state index in [-0.39, 0.29) is 29.8 Å². The molecule has 2 saturated heterocycles. The van der Waals surface area contributed by atoms with Crippen LogP contribution < -0.4 is 9.80 Å². The number of carboxylic acid groups (broad SMARTS) is 1. The Labute approximate surface area is 219 Å². The minimum Gasteiger partial charge on any atom is -0.481 e. The van der Waals surface area contributed by atoms with Crippen LogP contribution in [0, 0.1) is 17.2 Å². The largest absolute Gasteiger partial charge is 0.481 e. The number of halogens is 3. The molecule has 11 heteroatoms. The van der Waals surface area contributed by atoms with Crippen molar-refractivity contribution in [2.75, 3.05) is 29.4 Å². The molecule has 3 heterocycles. The first-order valence-electron chi connectivity index (χ1n) is 12.9. The maximum Gasteiger partial charge on any atom is 0.451 e. The average molecular weight is 530 g/mol. The number of Topliss-reactive ketones (excluding diaryl/α,β-unsaturated/α-hetero) is 1. The third kappa shape index (κ3) is 6.79. The van der Waals surface area contributed by atoms with Gasteiger partial charge in [0, 0.05) is 38.5 Å². The van der Waals surface area contributed by atoms with E-state index in [0.29, 0.717) is 70.1 Å². The Morgan fingerprint density at radius 3 is 2.37 bits per heavy atom. The molecule has 1 aromatic carbocycles. The molecule has 2 fully saturated rings. The van der Waals surface area contributed by atoms with Gasteiger partial charge in [-0.05, 0) is 62.1 Å². The maximum atomic E-state index is 13.7. The van der Waals surface area contributed by atoms with Gasteiger partial charge in [-0.2, -0.15) is 18.4 Å². The van der Waals surface area contributed by atoms with Crippen molar-refractivity contribution in [1.29, 1.82) is 5.26 Å². The van der Waals surface area contributed by atoms with Gasteiger partial charge in [0.2, 0.25) is 5.82 Å². The highest BCUT2D eigenvalue weighted by Crippen LogP contribution is 2.34. The number of hydrogen-bond acceptors (Lipinski definition) is 7. The number of nitriles is 1. The van der Waals surface area contributed by atoms with Crippen LogP contribution in [0.3, 0.4) is 0 Å². The number of alkyl halides is 3. The molecule has 1 aromatic heterocycles. The summed E-state index contributed by atoms with van der Waals surface area (Å²) in [6.07, 6.45) is -0.812. The van der Waals surface area contributed by atoms with Gasteiger partial charge in [0.15, 0.2) is 5.78 Å². The van der Waals surface area contributed by atoms with Crippen LogP contribution in [0.25, 0.3) is 0 Å². The van der Waals surface area contributed by atoms with E-state index in [0.717, 1.165) is 5.56 Å². The number of aromatic nitrogens is 2. The van der Waals surface area contributed by atoms with E-state index in [1.54, 1.807) is 21.9 Å². The van der Waals surface area contributed by atoms with Crippen LogP contribution in [-0.2, 0) is 22.2 Å². The first-order valence-corrected chi connectivity index (χ1v) is 12.9. The number of hydrogen-bond donors (Lipinski definition) is 1. The van der Waals surface area contributed by atoms with Gasteiger partial charge in [0.05, 0.1) is 17.7 Å². The fourth-order valence-electron chi connectivity index (χ4n) is 5.23. The van der Waals surface area contributed by atoms with Gasteiger partial charge in [0.1, 0.15) is 11.6 Å². The predicted octanol–water partition coefficient (Wildman–Crippen LogP) is 4.62. The number of rotatable bonds is 9. The molecule has 0 amide bonds. The van der Waals surface area contributed by atoms with Crippen LogP contribution in [0.4, 0.5) is 24.8 Å². The summed E-state index contributed by atoms with van der Waals surface area (Å²) in [5, 5.41) is 17.9. The van der Waals surface area contributed by atoms with Crippen molar-refractivity contribution < 1.29 is 27.9 Å². The molecule has 0 aliphatic carbocycles. The molecule has 0 unspecified atom stereocenters. The molecule has 2 aliphatic rings. The lowest BCUT2D eigenvalue weighted by Crippen LogP contribution is -2.38. The number of benzene rings is 1. The minimum absolute atomic E-state index is 0.0167. The van der Waals surface area contributed by atoms with Crippen LogP contribution in [0.15, 0.2) is 30.3 Å². The lowest BCUT2D eigenvalue weighted by Gasteiger charge is -2.33. The summed E-state index contributed by atoms with van der Waals surface area (Å²) in [6, 6.07) is 10.2. The van der Waals surface area contributed by atoms with Crippen molar-refractivity contribution >= 4 is 23.4 Å². The lowest BCUT2D eigenvalue weighted by atomic mass is 9.94. The number of ketones is 1. The van der Waals surface area contributed by atoms with Crippen LogP contribution in [0.2, 0.25) is 0 Å². The van der Waals surface area contributed by atoms with E-state index in [9.17, 15) is 22.8 Å². The minimum atomic E-state index is -4.74. The lowest BCUT2D eigenvalue weighted by molar-refractivity contribution is -0.145. The number of piperidine rings is 1. The summed E-state index contributed by atoms with van der Waals surface area (Å²) >= 11 is 0. The van der Waals surface area contributed by atoms with E-state index in [1.807, 2.05) is 12.1 Å². The topological polar surface area (TPSA) is 110 Å². The highest BCUT2D eigenvalue weighted by Gasteiger charge is 2.38. The van der Waals surface area contributed by atoms with Gasteiger partial charge in [0.25, 0.3) is 0 Å². The first-order chi connectivity index (χ1) is 18.1. The van der Waals surface area contributed by atoms with Gasteiger partial charge >= 0.3 is 12.1 Å². The number of aryl methyl sites for hydroxylation is 1. The van der Waals surface area contributed by atoms with Crippen molar-refractivity contribution in [2.45, 2.75) is 63.6 Å². The number of carbonyl (C=O) groups excluding carboxylic acids is 1. The second-order valence-electron chi connectivity index (χ2n) is 9.91. The van der Waals surface area contributed by atoms with Crippen LogP contribution in [0.5, 0.6) is 0 Å². The Hall–Kier alpha value is -3.68. The zero-order chi connectivity index (χ0) is 27.3. The zero-order valence-corrected chi connectivity index (χ0v) is 21.0. The second-order valence-corrected chi connectivity index (χ2v) is 9.91. The summed E-state index contributed by atoms with van der Waals surface area (Å²) < 4.78 is 41.2. The van der Waals surface area contributed by atoms with E-state index >= 15 is 0 Å². The Kier molecular flexibility index (Phi) is 8.49. The number of carboxylic acids is 1. The Morgan fingerprint density at radius 2 is 1.74 bits per heavy atom. The SMILES string of the molecule is N#Cc1ccc(CCCC(=O)[C@@H]2CCCN2c2cc(N3CCC(CC(=O)O)CC3)nc(C(F)(F)F)n2)cc1. The molecule has 2 aliphatic heterocycles. The Bertz CT molecular complexity index is 1190. The molecule has 0 radical (unpaired) electrons. The molecule has 8 nitrogen and oxygen atoms in total. The van der Waals surface area contributed by atoms with Gasteiger partial charge in [-0.1, -0.05) is 12.1 Å². The number of anilines is 2. The molecule has 1 N–H and O–H groups in total. The molecule has 0 saturated carbocycles. The van der Waals surface area contributed by atoms with Crippen molar-refractivity contribution in [3.05, 3.63) is 47.3 Å². The van der Waals surface area contributed by atoms with Gasteiger partial charge in [-0.15, -0.1) is 0 Å². The third-order valence-electron chi connectivity index (χ3n) is 7.24. The smallest absolute Gasteiger partial charge is 0.451 e. The fraction of sp³-hybridized carbons (Fsp3) is 0.519. The average Bonchev–Trinajstić information content (AvgIpc) is 3.39. The number of nitrogens with zero attached hydrogens (tertiary/aromatic N) is 5. The standard InChI is InChI=1S/C27H30F3N5O3/c28-27(29,30)26-32-23(34-13-10-19(11-14-34)15-25(37)38)16-24(33-26)35-12-2-4-21(35)22(36)5-1-3-18-6-8-20(17-31)9-7-18/h6-9,16,19,21H,1-5,10-15H2,(H,37,38)/t21-/m0/s1. The highest BCUT2D eigenvalue weighted by molar-refractivity contribution is 5.87. The summed E-state index contributed by atoms with van der Waals surface area (Å²) in [5.41, 5.74) is 1.58. The number of carbonyl (C=O) groups is 2. The third-order valence-corrected chi connectivity index (χ3v) is 7.24. The van der Waals surface area contributed by atoms with E-state index in [1.165, 1.54) is 6.07 Å². The Balaban J connectivity index is 1.46. The molecule has 0 bridgehead atoms. The summed E-state index contributed by atoms with van der Waals surface area (Å²) in [4.78, 5) is 35.1. The first kappa shape index (κ1) is 27.4. The van der Waals surface area contributed by atoms with Crippen molar-refractivity contribution in [3.63, 3.8) is 0 Å². The zero-order valence-electron chi connectivity index (χ0n) is 21.0. The molecule has 0 spiro atoms. The fourth-order valence-corrected chi connectivity index (χ4v) is 5.23. The number of aliphatic carboxylic acids is 1. The predicted molar refractivity (Wildman–Crippen MR) is 134 cm³/mol. The summed E-state index contributed by atoms with van der Waals surface area (Å²) in [5.74, 6) is -1.92. The summed E-state index contributed by atoms with van der Waals surface area (Å²) in [7, 11) is 0. The molecule has 1 atom stereocenters. The normalized spacial score (nSPS) is 18.4. The molecule has 2 aromatic rings. The van der Waals surface area contributed by atoms with E-state index < -0.39 is 24.0 Å². The van der Waals surface area contributed by atoms with Crippen molar-refractivity contribution in [3.8, 4) is 6.07 Å². The van der Waals surface area contributed by atoms with Crippen LogP contribution in [-0.4, -0.2) is 52.5 Å². The van der Waals surface area contributed by atoms with Gasteiger partial charge in [-0.3, -0.25) is 9.59 Å². The molecule has 38 heavy (non-hydrogen) atoms. The Morgan fingerprint density at radius 1 is 1.05 bits per heavy atom. The highest BCUT2D eigenvalue weighted by atomic mass is 19.4. The summed E-state index contributed by atoms with van der Waals surface area (Å²) in [6.45, 7) is 1.24. The monoisotopic (exact) mass is 529 g/mol. The van der Waals surface area contributed by atoms with Gasteiger partial charge in [-0.25, -0.2) is 9.97 Å². The maximum absolute atomic E-state index is 13.7. The van der Waals surface area contributed by atoms with Gasteiger partial charge < -0.3 is 14.9 Å². The van der Waals surface area contributed by atoms with Crippen molar-refractivity contribution in [1.82, 2.24) is 9.97 Å². The van der Waals surface area contributed by atoms with E-state index in [2.05, 4.69) is 16.0 Å². The quantitative estimate of drug-likeness (QED) is 0.501. The molecule has 202 valence electrons. The molecular formula is C27H30F3N5O3. The van der Waals surface area contributed by atoms with E-state index in [4.69, 9.17) is 10.4 Å². The van der Waals surface area contributed by atoms with Crippen LogP contribution >= 0.6 is 0 Å². The molecule has 4 rings (SSSR count). The van der Waals surface area contributed by atoms with Crippen LogP contribution in [0.1, 0.15) is 61.9 Å². The second kappa shape index (κ2) is 11.8.